The molecule has 1 aliphatic carbocycles. The van der Waals surface area contributed by atoms with Crippen LogP contribution >= 0.6 is 0 Å². The number of likely N-dealkylation sites (N-methyl/N-ethyl adjacent to an activating group) is 2. The summed E-state index contributed by atoms with van der Waals surface area (Å²) in [4.78, 5) is 29.6. The summed E-state index contributed by atoms with van der Waals surface area (Å²) in [6, 6.07) is 12.4. The Morgan fingerprint density at radius 1 is 1.09 bits per heavy atom. The Bertz CT molecular complexity index is 1560. The van der Waals surface area contributed by atoms with E-state index in [-0.39, 0.29) is 17.8 Å². The summed E-state index contributed by atoms with van der Waals surface area (Å²) < 4.78 is 19.7. The molecule has 2 aromatic carbocycles. The second-order valence-corrected chi connectivity index (χ2v) is 14.2. The van der Waals surface area contributed by atoms with E-state index < -0.39 is 11.0 Å². The molecule has 0 spiro atoms. The van der Waals surface area contributed by atoms with Crippen LogP contribution in [0.15, 0.2) is 36.4 Å². The van der Waals surface area contributed by atoms with E-state index in [9.17, 15) is 9.59 Å². The smallest absolute Gasteiger partial charge is 0.338 e. The van der Waals surface area contributed by atoms with Crippen molar-refractivity contribution in [3.8, 4) is 17.0 Å². The summed E-state index contributed by atoms with van der Waals surface area (Å²) in [6.45, 7) is 13.1. The number of aromatic nitrogens is 1. The Morgan fingerprint density at radius 2 is 1.83 bits per heavy atom. The van der Waals surface area contributed by atoms with E-state index in [4.69, 9.17) is 14.2 Å². The van der Waals surface area contributed by atoms with Crippen LogP contribution in [0.2, 0.25) is 0 Å². The SMILES string of the molecule is CCCC(CCC)c1c2n(c3cc(C(=O)OC(C)(C)C)ccc13)CC1(C(=O)N(C)CCOCCNC)CC1c1cc(OC)ccc1-2. The Kier molecular flexibility index (Phi) is 10.2. The second-order valence-electron chi connectivity index (χ2n) is 14.2. The van der Waals surface area contributed by atoms with E-state index in [0.29, 0.717) is 37.8 Å². The van der Waals surface area contributed by atoms with Crippen molar-refractivity contribution in [3.63, 3.8) is 0 Å². The number of esters is 1. The molecule has 2 aliphatic rings. The molecule has 1 aliphatic heterocycles. The topological polar surface area (TPSA) is 82.0 Å². The molecule has 2 heterocycles. The fraction of sp³-hybridized carbons (Fsp3) is 0.579. The number of nitrogens with zero attached hydrogens (tertiary/aromatic N) is 2. The van der Waals surface area contributed by atoms with Crippen molar-refractivity contribution in [2.75, 3.05) is 47.5 Å². The van der Waals surface area contributed by atoms with Gasteiger partial charge in [0.15, 0.2) is 0 Å². The molecule has 250 valence electrons. The fourth-order valence-corrected chi connectivity index (χ4v) is 7.44. The van der Waals surface area contributed by atoms with Gasteiger partial charge in [0.05, 0.1) is 37.0 Å². The molecule has 46 heavy (non-hydrogen) atoms. The van der Waals surface area contributed by atoms with Crippen LogP contribution in [0.1, 0.15) is 100 Å². The number of carbonyl (C=O) groups excluding carboxylic acids is 2. The lowest BCUT2D eigenvalue weighted by Crippen LogP contribution is -2.39. The average molecular weight is 632 g/mol. The van der Waals surface area contributed by atoms with Gasteiger partial charge in [0.2, 0.25) is 5.91 Å². The molecule has 0 saturated heterocycles. The molecule has 1 saturated carbocycles. The molecule has 0 bridgehead atoms. The number of benzene rings is 2. The third-order valence-electron chi connectivity index (χ3n) is 9.67. The van der Waals surface area contributed by atoms with Crippen molar-refractivity contribution in [1.29, 1.82) is 0 Å². The van der Waals surface area contributed by atoms with Crippen molar-refractivity contribution in [2.45, 2.75) is 90.7 Å². The number of amides is 1. The Balaban J connectivity index is 1.69. The number of hydrogen-bond donors (Lipinski definition) is 1. The van der Waals surface area contributed by atoms with Crippen molar-refractivity contribution in [2.24, 2.45) is 5.41 Å². The largest absolute Gasteiger partial charge is 0.497 e. The highest BCUT2D eigenvalue weighted by Crippen LogP contribution is 2.66. The minimum Gasteiger partial charge on any atom is -0.497 e. The maximum Gasteiger partial charge on any atom is 0.338 e. The molecule has 1 N–H and O–H groups in total. The van der Waals surface area contributed by atoms with Gasteiger partial charge < -0.3 is 29.0 Å². The number of fused-ring (bicyclic) bond motifs is 7. The van der Waals surface area contributed by atoms with E-state index in [2.05, 4.69) is 41.9 Å². The quantitative estimate of drug-likeness (QED) is 0.151. The zero-order valence-electron chi connectivity index (χ0n) is 29.1. The highest BCUT2D eigenvalue weighted by atomic mass is 16.6. The van der Waals surface area contributed by atoms with Crippen molar-refractivity contribution >= 4 is 22.8 Å². The second kappa shape index (κ2) is 13.8. The van der Waals surface area contributed by atoms with Crippen LogP contribution in [-0.2, 0) is 20.8 Å². The summed E-state index contributed by atoms with van der Waals surface area (Å²) >= 11 is 0. The Morgan fingerprint density at radius 3 is 2.48 bits per heavy atom. The highest BCUT2D eigenvalue weighted by Gasteiger charge is 2.63. The molecule has 5 rings (SSSR count). The van der Waals surface area contributed by atoms with Crippen LogP contribution in [0.25, 0.3) is 22.2 Å². The van der Waals surface area contributed by atoms with Crippen LogP contribution in [-0.4, -0.2) is 74.5 Å². The van der Waals surface area contributed by atoms with Crippen molar-refractivity contribution < 1.29 is 23.8 Å². The number of rotatable bonds is 14. The van der Waals surface area contributed by atoms with Gasteiger partial charge in [-0.3, -0.25) is 4.79 Å². The molecule has 1 aromatic heterocycles. The monoisotopic (exact) mass is 631 g/mol. The highest BCUT2D eigenvalue weighted by molar-refractivity contribution is 6.00. The van der Waals surface area contributed by atoms with E-state index in [1.165, 1.54) is 22.4 Å². The Labute approximate surface area is 274 Å². The van der Waals surface area contributed by atoms with Gasteiger partial charge in [-0.1, -0.05) is 32.8 Å². The Hall–Kier alpha value is -3.36. The van der Waals surface area contributed by atoms with Gasteiger partial charge in [-0.25, -0.2) is 4.79 Å². The molecule has 0 radical (unpaired) electrons. The zero-order chi connectivity index (χ0) is 33.2. The molecule has 3 aromatic rings. The third-order valence-corrected chi connectivity index (χ3v) is 9.67. The molecule has 1 amide bonds. The summed E-state index contributed by atoms with van der Waals surface area (Å²) in [7, 11) is 5.49. The zero-order valence-corrected chi connectivity index (χ0v) is 29.1. The summed E-state index contributed by atoms with van der Waals surface area (Å²) in [5, 5.41) is 4.25. The van der Waals surface area contributed by atoms with Gasteiger partial charge in [0, 0.05) is 49.1 Å². The van der Waals surface area contributed by atoms with Crippen LogP contribution in [0.5, 0.6) is 5.75 Å². The van der Waals surface area contributed by atoms with Gasteiger partial charge in [-0.15, -0.1) is 0 Å². The lowest BCUT2D eigenvalue weighted by molar-refractivity contribution is -0.137. The maximum absolute atomic E-state index is 14.5. The molecule has 8 heteroatoms. The van der Waals surface area contributed by atoms with Crippen LogP contribution in [0, 0.1) is 5.41 Å². The average Bonchev–Trinajstić information content (AvgIpc) is 3.69. The lowest BCUT2D eigenvalue weighted by atomic mass is 9.85. The minimum absolute atomic E-state index is 0.0744. The van der Waals surface area contributed by atoms with Gasteiger partial charge in [-0.05, 0) is 94.5 Å². The number of nitrogens with one attached hydrogen (secondary N) is 1. The lowest BCUT2D eigenvalue weighted by Gasteiger charge is -2.25. The molecule has 1 fully saturated rings. The van der Waals surface area contributed by atoms with E-state index in [0.717, 1.165) is 55.3 Å². The predicted molar refractivity (Wildman–Crippen MR) is 184 cm³/mol. The van der Waals surface area contributed by atoms with Crippen LogP contribution in [0.3, 0.4) is 0 Å². The minimum atomic E-state index is -0.600. The summed E-state index contributed by atoms with van der Waals surface area (Å²) in [6.07, 6.45) is 5.07. The summed E-state index contributed by atoms with van der Waals surface area (Å²) in [5.74, 6) is 1.04. The molecular weight excluding hydrogens is 578 g/mol. The molecule has 8 nitrogen and oxygen atoms in total. The number of carbonyl (C=O) groups is 2. The van der Waals surface area contributed by atoms with Gasteiger partial charge in [0.25, 0.3) is 0 Å². The first-order chi connectivity index (χ1) is 22.0. The van der Waals surface area contributed by atoms with Gasteiger partial charge in [0.1, 0.15) is 11.4 Å². The van der Waals surface area contributed by atoms with Crippen LogP contribution < -0.4 is 10.1 Å². The van der Waals surface area contributed by atoms with E-state index >= 15 is 0 Å². The standard InChI is InChI=1S/C38H53N3O5/c1-9-11-25(12-10-2)33-29-15-13-26(35(42)46-37(3,4)5)21-32(29)41-24-38(36(43)40(7)18-20-45-19-17-39-6)23-31(38)30-22-27(44-8)14-16-28(30)34(33)41/h13-16,21-22,25,31,39H,9-12,17-20,23-24H2,1-8H3. The fourth-order valence-electron chi connectivity index (χ4n) is 7.44. The number of methoxy groups -OCH3 is 1. The van der Waals surface area contributed by atoms with E-state index in [1.807, 2.05) is 58.0 Å². The van der Waals surface area contributed by atoms with Gasteiger partial charge >= 0.3 is 5.97 Å². The normalized spacial score (nSPS) is 18.5. The molecular formula is C38H53N3O5. The first-order valence-corrected chi connectivity index (χ1v) is 17.0. The van der Waals surface area contributed by atoms with Gasteiger partial charge in [-0.2, -0.15) is 0 Å². The third kappa shape index (κ3) is 6.56. The molecule has 2 unspecified atom stereocenters. The molecule has 2 atom stereocenters. The van der Waals surface area contributed by atoms with Crippen molar-refractivity contribution in [3.05, 3.63) is 53.1 Å². The number of ether oxygens (including phenoxy) is 3. The van der Waals surface area contributed by atoms with Crippen molar-refractivity contribution in [1.82, 2.24) is 14.8 Å². The first-order valence-electron chi connectivity index (χ1n) is 17.0. The number of hydrogen-bond acceptors (Lipinski definition) is 6. The van der Waals surface area contributed by atoms with E-state index in [1.54, 1.807) is 7.11 Å². The van der Waals surface area contributed by atoms with Crippen LogP contribution in [0.4, 0.5) is 0 Å². The summed E-state index contributed by atoms with van der Waals surface area (Å²) in [5.41, 5.74) is 5.17. The first kappa shape index (κ1) is 34.0. The maximum atomic E-state index is 14.5. The predicted octanol–water partition coefficient (Wildman–Crippen LogP) is 7.14.